The van der Waals surface area contributed by atoms with Crippen LogP contribution in [0.15, 0.2) is 39.1 Å². The second-order valence-corrected chi connectivity index (χ2v) is 6.93. The third-order valence-corrected chi connectivity index (χ3v) is 4.92. The predicted molar refractivity (Wildman–Crippen MR) is 70.2 cm³/mol. The molecule has 2 aromatic rings. The van der Waals surface area contributed by atoms with Crippen LogP contribution in [0.5, 0.6) is 0 Å². The molecule has 0 aliphatic carbocycles. The zero-order valence-corrected chi connectivity index (χ0v) is 12.1. The normalized spacial score (nSPS) is 11.7. The van der Waals surface area contributed by atoms with Gasteiger partial charge in [-0.25, -0.2) is 22.5 Å². The van der Waals surface area contributed by atoms with Gasteiger partial charge in [-0.3, -0.25) is 0 Å². The summed E-state index contributed by atoms with van der Waals surface area (Å²) in [6.07, 6.45) is 1.59. The standard InChI is InChI=1S/C10H8BrFN2O2S2/c11-8-2-1-7(5-9(8)12)18(15,16)14-6-10-13-3-4-17-10/h1-5,14H,6H2. The van der Waals surface area contributed by atoms with Crippen molar-refractivity contribution in [2.24, 2.45) is 0 Å². The van der Waals surface area contributed by atoms with Gasteiger partial charge in [0.25, 0.3) is 0 Å². The van der Waals surface area contributed by atoms with Crippen LogP contribution < -0.4 is 4.72 Å². The summed E-state index contributed by atoms with van der Waals surface area (Å²) < 4.78 is 39.6. The fourth-order valence-electron chi connectivity index (χ4n) is 1.22. The quantitative estimate of drug-likeness (QED) is 0.921. The lowest BCUT2D eigenvalue weighted by molar-refractivity contribution is 0.576. The molecular formula is C10H8BrFN2O2S2. The highest BCUT2D eigenvalue weighted by Gasteiger charge is 2.15. The molecule has 18 heavy (non-hydrogen) atoms. The number of halogens is 2. The molecule has 2 rings (SSSR count). The van der Waals surface area contributed by atoms with Gasteiger partial charge in [0.05, 0.1) is 15.9 Å². The van der Waals surface area contributed by atoms with Crippen LogP contribution in [-0.2, 0) is 16.6 Å². The van der Waals surface area contributed by atoms with Crippen LogP contribution in [0.25, 0.3) is 0 Å². The number of sulfonamides is 1. The van der Waals surface area contributed by atoms with E-state index in [0.717, 1.165) is 6.07 Å². The zero-order chi connectivity index (χ0) is 13.2. The van der Waals surface area contributed by atoms with Gasteiger partial charge in [-0.05, 0) is 34.1 Å². The lowest BCUT2D eigenvalue weighted by Crippen LogP contribution is -2.23. The van der Waals surface area contributed by atoms with Gasteiger partial charge < -0.3 is 0 Å². The Kier molecular flexibility index (Phi) is 4.10. The fourth-order valence-corrected chi connectivity index (χ4v) is 3.12. The molecule has 0 aliphatic heterocycles. The number of nitrogens with one attached hydrogen (secondary N) is 1. The van der Waals surface area contributed by atoms with Crippen molar-refractivity contribution in [3.63, 3.8) is 0 Å². The smallest absolute Gasteiger partial charge is 0.241 e. The van der Waals surface area contributed by atoms with Gasteiger partial charge in [0.15, 0.2) is 0 Å². The minimum atomic E-state index is -3.72. The topological polar surface area (TPSA) is 59.1 Å². The molecular weight excluding hydrogens is 343 g/mol. The molecule has 0 saturated carbocycles. The monoisotopic (exact) mass is 350 g/mol. The number of hydrogen-bond acceptors (Lipinski definition) is 4. The van der Waals surface area contributed by atoms with Crippen LogP contribution in [-0.4, -0.2) is 13.4 Å². The maximum Gasteiger partial charge on any atom is 0.241 e. The minimum absolute atomic E-state index is 0.0949. The molecule has 0 amide bonds. The van der Waals surface area contributed by atoms with Gasteiger partial charge in [0, 0.05) is 11.6 Å². The first-order valence-corrected chi connectivity index (χ1v) is 7.98. The Morgan fingerprint density at radius 2 is 2.22 bits per heavy atom. The van der Waals surface area contributed by atoms with E-state index in [1.807, 2.05) is 0 Å². The SMILES string of the molecule is O=S(=O)(NCc1nccs1)c1ccc(Br)c(F)c1. The van der Waals surface area contributed by atoms with Gasteiger partial charge in [-0.2, -0.15) is 0 Å². The van der Waals surface area contributed by atoms with E-state index in [-0.39, 0.29) is 15.9 Å². The maximum absolute atomic E-state index is 13.3. The summed E-state index contributed by atoms with van der Waals surface area (Å²) in [5.41, 5.74) is 0. The molecule has 1 aromatic heterocycles. The molecule has 0 aliphatic rings. The van der Waals surface area contributed by atoms with Crippen molar-refractivity contribution in [2.45, 2.75) is 11.4 Å². The van der Waals surface area contributed by atoms with E-state index in [2.05, 4.69) is 25.6 Å². The molecule has 0 radical (unpaired) electrons. The molecule has 0 atom stereocenters. The van der Waals surface area contributed by atoms with Crippen molar-refractivity contribution in [1.29, 1.82) is 0 Å². The van der Waals surface area contributed by atoms with Crippen molar-refractivity contribution in [1.82, 2.24) is 9.71 Å². The predicted octanol–water partition coefficient (Wildman–Crippen LogP) is 2.52. The van der Waals surface area contributed by atoms with E-state index < -0.39 is 15.8 Å². The molecule has 1 heterocycles. The van der Waals surface area contributed by atoms with Crippen LogP contribution in [0.4, 0.5) is 4.39 Å². The molecule has 1 N–H and O–H groups in total. The lowest BCUT2D eigenvalue weighted by Gasteiger charge is -2.05. The van der Waals surface area contributed by atoms with E-state index in [0.29, 0.717) is 5.01 Å². The van der Waals surface area contributed by atoms with Gasteiger partial charge in [0.1, 0.15) is 10.8 Å². The minimum Gasteiger partial charge on any atom is -0.248 e. The molecule has 0 saturated heterocycles. The highest BCUT2D eigenvalue weighted by Crippen LogP contribution is 2.19. The number of benzene rings is 1. The van der Waals surface area contributed by atoms with E-state index >= 15 is 0 Å². The third kappa shape index (κ3) is 3.14. The Morgan fingerprint density at radius 3 is 2.83 bits per heavy atom. The van der Waals surface area contributed by atoms with Crippen LogP contribution in [0.1, 0.15) is 5.01 Å². The molecule has 0 spiro atoms. The summed E-state index contributed by atoms with van der Waals surface area (Å²) in [6.45, 7) is 0.0949. The van der Waals surface area contributed by atoms with Gasteiger partial charge >= 0.3 is 0 Å². The molecule has 0 bridgehead atoms. The molecule has 96 valence electrons. The largest absolute Gasteiger partial charge is 0.248 e. The van der Waals surface area contributed by atoms with Crippen molar-refractivity contribution >= 4 is 37.3 Å². The number of aromatic nitrogens is 1. The van der Waals surface area contributed by atoms with Crippen molar-refractivity contribution in [3.8, 4) is 0 Å². The molecule has 8 heteroatoms. The first kappa shape index (κ1) is 13.6. The molecule has 4 nitrogen and oxygen atoms in total. The number of nitrogens with zero attached hydrogens (tertiary/aromatic N) is 1. The molecule has 0 fully saturated rings. The third-order valence-electron chi connectivity index (χ3n) is 2.10. The zero-order valence-electron chi connectivity index (χ0n) is 8.93. The Bertz CT molecular complexity index is 644. The second-order valence-electron chi connectivity index (χ2n) is 3.33. The van der Waals surface area contributed by atoms with Crippen LogP contribution in [0.3, 0.4) is 0 Å². The van der Waals surface area contributed by atoms with E-state index in [9.17, 15) is 12.8 Å². The van der Waals surface area contributed by atoms with E-state index in [1.165, 1.54) is 23.5 Å². The highest BCUT2D eigenvalue weighted by atomic mass is 79.9. The van der Waals surface area contributed by atoms with Crippen molar-refractivity contribution in [3.05, 3.63) is 45.1 Å². The van der Waals surface area contributed by atoms with Gasteiger partial charge in [0.2, 0.25) is 10.0 Å². The summed E-state index contributed by atoms with van der Waals surface area (Å²) in [5, 5.41) is 2.40. The maximum atomic E-state index is 13.3. The first-order valence-electron chi connectivity index (χ1n) is 4.82. The molecule has 1 aromatic carbocycles. The molecule has 0 unspecified atom stereocenters. The van der Waals surface area contributed by atoms with Crippen molar-refractivity contribution in [2.75, 3.05) is 0 Å². The Morgan fingerprint density at radius 1 is 1.44 bits per heavy atom. The van der Waals surface area contributed by atoms with Gasteiger partial charge in [-0.15, -0.1) is 11.3 Å². The summed E-state index contributed by atoms with van der Waals surface area (Å²) in [4.78, 5) is 3.84. The first-order chi connectivity index (χ1) is 8.49. The summed E-state index contributed by atoms with van der Waals surface area (Å²) >= 11 is 4.31. The summed E-state index contributed by atoms with van der Waals surface area (Å²) in [6, 6.07) is 3.65. The van der Waals surface area contributed by atoms with Crippen molar-refractivity contribution < 1.29 is 12.8 Å². The highest BCUT2D eigenvalue weighted by molar-refractivity contribution is 9.10. The average Bonchev–Trinajstić information content (AvgIpc) is 2.83. The second kappa shape index (κ2) is 5.43. The lowest BCUT2D eigenvalue weighted by atomic mass is 10.3. The van der Waals surface area contributed by atoms with E-state index in [4.69, 9.17) is 0 Å². The summed E-state index contributed by atoms with van der Waals surface area (Å²) in [7, 11) is -3.72. The van der Waals surface area contributed by atoms with E-state index in [1.54, 1.807) is 11.6 Å². The van der Waals surface area contributed by atoms with Crippen LogP contribution >= 0.6 is 27.3 Å². The van der Waals surface area contributed by atoms with Gasteiger partial charge in [-0.1, -0.05) is 0 Å². The average molecular weight is 351 g/mol. The Hall–Kier alpha value is -0.830. The van der Waals surface area contributed by atoms with Crippen LogP contribution in [0.2, 0.25) is 0 Å². The number of hydrogen-bond donors (Lipinski definition) is 1. The number of thiazole rings is 1. The van der Waals surface area contributed by atoms with Crippen LogP contribution in [0, 0.1) is 5.82 Å². The fraction of sp³-hybridized carbons (Fsp3) is 0.100. The Labute approximate surface area is 116 Å². The Balaban J connectivity index is 2.17. The summed E-state index contributed by atoms with van der Waals surface area (Å²) in [5.74, 6) is -0.618. The number of rotatable bonds is 4.